The van der Waals surface area contributed by atoms with Gasteiger partial charge in [-0.15, -0.1) is 0 Å². The molecule has 1 aliphatic rings. The molecule has 1 aromatic carbocycles. The number of nitrogens with zero attached hydrogens (tertiary/aromatic N) is 1. The Kier molecular flexibility index (Phi) is 6.41. The molecule has 1 amide bonds. The number of rotatable bonds is 7. The molecule has 6 nitrogen and oxygen atoms in total. The van der Waals surface area contributed by atoms with Crippen LogP contribution in [0.25, 0.3) is 0 Å². The summed E-state index contributed by atoms with van der Waals surface area (Å²) in [6.07, 6.45) is 0.605. The molecular weight excluding hydrogens is 340 g/mol. The molecule has 1 saturated heterocycles. The van der Waals surface area contributed by atoms with Gasteiger partial charge in [0.25, 0.3) is 5.91 Å². The van der Waals surface area contributed by atoms with Crippen LogP contribution in [0.15, 0.2) is 24.3 Å². The minimum absolute atomic E-state index is 0.0541. The average molecular weight is 361 g/mol. The molecule has 0 spiro atoms. The monoisotopic (exact) mass is 360 g/mol. The van der Waals surface area contributed by atoms with Crippen molar-refractivity contribution in [2.45, 2.75) is 12.5 Å². The highest BCUT2D eigenvalue weighted by Gasteiger charge is 2.27. The fourth-order valence-electron chi connectivity index (χ4n) is 2.57. The van der Waals surface area contributed by atoms with Gasteiger partial charge in [-0.3, -0.25) is 4.79 Å². The van der Waals surface area contributed by atoms with E-state index in [1.54, 1.807) is 29.2 Å². The van der Waals surface area contributed by atoms with Crippen LogP contribution in [0.4, 0.5) is 0 Å². The molecule has 1 aromatic rings. The van der Waals surface area contributed by atoms with Gasteiger partial charge >= 0.3 is 0 Å². The largest absolute Gasteiger partial charge is 0.395 e. The van der Waals surface area contributed by atoms with Crippen molar-refractivity contribution in [1.82, 2.24) is 10.2 Å². The molecule has 0 aliphatic carbocycles. The second-order valence-electron chi connectivity index (χ2n) is 5.58. The van der Waals surface area contributed by atoms with Crippen molar-refractivity contribution in [1.29, 1.82) is 0 Å². The Bertz CT molecular complexity index is 633. The SMILES string of the molecule is O=C(c1ccc(Cl)cc1)N(CCO)CCN[C@H]1CCS(=O)(=O)C1. The zero-order chi connectivity index (χ0) is 16.9. The van der Waals surface area contributed by atoms with Gasteiger partial charge in [-0.25, -0.2) is 8.42 Å². The summed E-state index contributed by atoms with van der Waals surface area (Å²) in [7, 11) is -2.92. The number of aliphatic hydroxyl groups excluding tert-OH is 1. The summed E-state index contributed by atoms with van der Waals surface area (Å²) in [6, 6.07) is 6.53. The number of aliphatic hydroxyl groups is 1. The van der Waals surface area contributed by atoms with E-state index in [0.29, 0.717) is 30.1 Å². The van der Waals surface area contributed by atoms with Crippen LogP contribution < -0.4 is 5.32 Å². The number of hydrogen-bond acceptors (Lipinski definition) is 5. The topological polar surface area (TPSA) is 86.7 Å². The van der Waals surface area contributed by atoms with Crippen molar-refractivity contribution >= 4 is 27.3 Å². The lowest BCUT2D eigenvalue weighted by molar-refractivity contribution is 0.0722. The number of nitrogens with one attached hydrogen (secondary N) is 1. The lowest BCUT2D eigenvalue weighted by atomic mass is 10.2. The number of amides is 1. The van der Waals surface area contributed by atoms with Gasteiger partial charge in [-0.05, 0) is 30.7 Å². The van der Waals surface area contributed by atoms with Gasteiger partial charge in [0.05, 0.1) is 18.1 Å². The summed E-state index contributed by atoms with van der Waals surface area (Å²) in [4.78, 5) is 14.0. The van der Waals surface area contributed by atoms with E-state index in [0.717, 1.165) is 0 Å². The Morgan fingerprint density at radius 2 is 2.00 bits per heavy atom. The zero-order valence-corrected chi connectivity index (χ0v) is 14.3. The fraction of sp³-hybridized carbons (Fsp3) is 0.533. The Morgan fingerprint density at radius 3 is 2.57 bits per heavy atom. The van der Waals surface area contributed by atoms with Gasteiger partial charge in [0, 0.05) is 36.3 Å². The van der Waals surface area contributed by atoms with E-state index >= 15 is 0 Å². The van der Waals surface area contributed by atoms with Crippen LogP contribution in [0, 0.1) is 0 Å². The summed E-state index contributed by atoms with van der Waals surface area (Å²) >= 11 is 5.81. The van der Waals surface area contributed by atoms with Crippen LogP contribution in [-0.4, -0.2) is 68.1 Å². The summed E-state index contributed by atoms with van der Waals surface area (Å²) < 4.78 is 22.8. The first kappa shape index (κ1) is 18.2. The average Bonchev–Trinajstić information content (AvgIpc) is 2.86. The number of benzene rings is 1. The maximum atomic E-state index is 12.4. The summed E-state index contributed by atoms with van der Waals surface area (Å²) in [5.41, 5.74) is 0.506. The second kappa shape index (κ2) is 8.10. The molecule has 23 heavy (non-hydrogen) atoms. The first-order valence-electron chi connectivity index (χ1n) is 7.51. The van der Waals surface area contributed by atoms with Crippen molar-refractivity contribution in [2.24, 2.45) is 0 Å². The Labute approximate surface area is 141 Å². The van der Waals surface area contributed by atoms with E-state index in [2.05, 4.69) is 5.32 Å². The van der Waals surface area contributed by atoms with Crippen LogP contribution in [0.1, 0.15) is 16.8 Å². The van der Waals surface area contributed by atoms with Crippen molar-refractivity contribution in [3.63, 3.8) is 0 Å². The maximum absolute atomic E-state index is 12.4. The van der Waals surface area contributed by atoms with Gasteiger partial charge in [-0.1, -0.05) is 11.6 Å². The first-order valence-corrected chi connectivity index (χ1v) is 9.71. The Hall–Kier alpha value is -1.15. The maximum Gasteiger partial charge on any atom is 0.253 e. The van der Waals surface area contributed by atoms with Crippen LogP contribution in [0.5, 0.6) is 0 Å². The van der Waals surface area contributed by atoms with Crippen molar-refractivity contribution in [2.75, 3.05) is 37.7 Å². The smallest absolute Gasteiger partial charge is 0.253 e. The van der Waals surface area contributed by atoms with E-state index in [-0.39, 0.29) is 36.6 Å². The third-order valence-electron chi connectivity index (χ3n) is 3.80. The highest BCUT2D eigenvalue weighted by molar-refractivity contribution is 7.91. The molecular formula is C15H21ClN2O4S. The standard InChI is InChI=1S/C15H21ClN2O4S/c16-13-3-1-12(2-4-13)15(20)18(8-9-19)7-6-17-14-5-10-23(21,22)11-14/h1-4,14,17,19H,5-11H2/t14-/m0/s1. The van der Waals surface area contributed by atoms with E-state index in [1.807, 2.05) is 0 Å². The highest BCUT2D eigenvalue weighted by atomic mass is 35.5. The van der Waals surface area contributed by atoms with E-state index in [4.69, 9.17) is 16.7 Å². The number of halogens is 1. The summed E-state index contributed by atoms with van der Waals surface area (Å²) in [5.74, 6) is 0.184. The predicted molar refractivity (Wildman–Crippen MR) is 89.5 cm³/mol. The van der Waals surface area contributed by atoms with E-state index in [9.17, 15) is 13.2 Å². The van der Waals surface area contributed by atoms with Gasteiger partial charge in [-0.2, -0.15) is 0 Å². The van der Waals surface area contributed by atoms with Gasteiger partial charge in [0.15, 0.2) is 9.84 Å². The number of hydrogen-bond donors (Lipinski definition) is 2. The van der Waals surface area contributed by atoms with Crippen LogP contribution in [-0.2, 0) is 9.84 Å². The van der Waals surface area contributed by atoms with Crippen molar-refractivity contribution in [3.05, 3.63) is 34.9 Å². The summed E-state index contributed by atoms with van der Waals surface area (Å²) in [5, 5.41) is 12.9. The lowest BCUT2D eigenvalue weighted by Gasteiger charge is -2.23. The normalized spacial score (nSPS) is 19.7. The molecule has 128 valence electrons. The molecule has 1 fully saturated rings. The molecule has 0 aromatic heterocycles. The van der Waals surface area contributed by atoms with E-state index in [1.165, 1.54) is 0 Å². The number of sulfone groups is 1. The van der Waals surface area contributed by atoms with Crippen LogP contribution in [0.2, 0.25) is 5.02 Å². The molecule has 0 unspecified atom stereocenters. The number of carbonyl (C=O) groups excluding carboxylic acids is 1. The molecule has 0 bridgehead atoms. The highest BCUT2D eigenvalue weighted by Crippen LogP contribution is 2.12. The fourth-order valence-corrected chi connectivity index (χ4v) is 4.40. The molecule has 8 heteroatoms. The number of carbonyl (C=O) groups is 1. The molecule has 2 rings (SSSR count). The van der Waals surface area contributed by atoms with Gasteiger partial charge < -0.3 is 15.3 Å². The third kappa shape index (κ3) is 5.46. The minimum Gasteiger partial charge on any atom is -0.395 e. The quantitative estimate of drug-likeness (QED) is 0.741. The van der Waals surface area contributed by atoms with Crippen LogP contribution >= 0.6 is 11.6 Å². The molecule has 0 radical (unpaired) electrons. The third-order valence-corrected chi connectivity index (χ3v) is 5.82. The molecule has 0 saturated carbocycles. The van der Waals surface area contributed by atoms with E-state index < -0.39 is 9.84 Å². The zero-order valence-electron chi connectivity index (χ0n) is 12.7. The van der Waals surface area contributed by atoms with Crippen molar-refractivity contribution in [3.8, 4) is 0 Å². The van der Waals surface area contributed by atoms with Gasteiger partial charge in [0.2, 0.25) is 0 Å². The Balaban J connectivity index is 1.88. The second-order valence-corrected chi connectivity index (χ2v) is 8.24. The predicted octanol–water partition coefficient (Wildman–Crippen LogP) is 0.551. The Morgan fingerprint density at radius 1 is 1.30 bits per heavy atom. The summed E-state index contributed by atoms with van der Waals surface area (Å²) in [6.45, 7) is 0.987. The first-order chi connectivity index (χ1) is 10.9. The minimum atomic E-state index is -2.92. The van der Waals surface area contributed by atoms with Crippen molar-refractivity contribution < 1.29 is 18.3 Å². The van der Waals surface area contributed by atoms with Crippen LogP contribution in [0.3, 0.4) is 0 Å². The molecule has 2 N–H and O–H groups in total. The van der Waals surface area contributed by atoms with Gasteiger partial charge in [0.1, 0.15) is 0 Å². The lowest BCUT2D eigenvalue weighted by Crippen LogP contribution is -2.41. The molecule has 1 atom stereocenters. The molecule has 1 heterocycles. The molecule has 1 aliphatic heterocycles.